The quantitative estimate of drug-likeness (QED) is 0.563. The van der Waals surface area contributed by atoms with Crippen LogP contribution in [0.4, 0.5) is 0 Å². The molecule has 0 saturated heterocycles. The average Bonchev–Trinajstić information content (AvgIpc) is 3.15. The lowest BCUT2D eigenvalue weighted by molar-refractivity contribution is -0.123. The van der Waals surface area contributed by atoms with Crippen LogP contribution in [0.5, 0.6) is 0 Å². The standard InChI is InChI=1S/C17H17BrN2O3S2/c1-11(20-13-4-2-3-5-14(13)23-17(20)22)16(21)19-8-9-24-10-12-6-7-15(18)25-12/h2-7,11H,8-10H2,1H3,(H,19,21)/t11-/m0/s1. The van der Waals surface area contributed by atoms with E-state index in [4.69, 9.17) is 4.42 Å². The lowest BCUT2D eigenvalue weighted by Crippen LogP contribution is -2.35. The number of amides is 1. The molecule has 0 spiro atoms. The van der Waals surface area contributed by atoms with Crippen molar-refractivity contribution >= 4 is 56.0 Å². The van der Waals surface area contributed by atoms with E-state index in [1.54, 1.807) is 48.2 Å². The fourth-order valence-electron chi connectivity index (χ4n) is 2.46. The lowest BCUT2D eigenvalue weighted by Gasteiger charge is -2.13. The molecule has 1 amide bonds. The van der Waals surface area contributed by atoms with Crippen molar-refractivity contribution in [1.82, 2.24) is 9.88 Å². The van der Waals surface area contributed by atoms with Gasteiger partial charge in [-0.05, 0) is 47.1 Å². The molecule has 132 valence electrons. The number of carbonyl (C=O) groups excluding carboxylic acids is 1. The van der Waals surface area contributed by atoms with Crippen LogP contribution in [0.25, 0.3) is 11.1 Å². The molecule has 0 bridgehead atoms. The van der Waals surface area contributed by atoms with Crippen molar-refractivity contribution in [3.05, 3.63) is 55.6 Å². The maximum Gasteiger partial charge on any atom is 0.420 e. The second kappa shape index (κ2) is 8.25. The number of aromatic nitrogens is 1. The molecule has 0 radical (unpaired) electrons. The van der Waals surface area contributed by atoms with Gasteiger partial charge >= 0.3 is 5.76 Å². The minimum absolute atomic E-state index is 0.187. The second-order valence-electron chi connectivity index (χ2n) is 5.43. The van der Waals surface area contributed by atoms with E-state index < -0.39 is 11.8 Å². The average molecular weight is 441 g/mol. The molecule has 1 aromatic carbocycles. The molecular weight excluding hydrogens is 424 g/mol. The highest BCUT2D eigenvalue weighted by Gasteiger charge is 2.20. The van der Waals surface area contributed by atoms with Gasteiger partial charge in [0.15, 0.2) is 5.58 Å². The number of rotatable bonds is 7. The number of halogens is 1. The summed E-state index contributed by atoms with van der Waals surface area (Å²) >= 11 is 6.93. The van der Waals surface area contributed by atoms with Crippen molar-refractivity contribution in [2.75, 3.05) is 12.3 Å². The van der Waals surface area contributed by atoms with Gasteiger partial charge < -0.3 is 9.73 Å². The fraction of sp³-hybridized carbons (Fsp3) is 0.294. The van der Waals surface area contributed by atoms with Crippen molar-refractivity contribution in [3.8, 4) is 0 Å². The Morgan fingerprint density at radius 3 is 2.92 bits per heavy atom. The van der Waals surface area contributed by atoms with Crippen molar-refractivity contribution in [1.29, 1.82) is 0 Å². The van der Waals surface area contributed by atoms with Gasteiger partial charge in [0.1, 0.15) is 6.04 Å². The minimum Gasteiger partial charge on any atom is -0.408 e. The smallest absolute Gasteiger partial charge is 0.408 e. The predicted octanol–water partition coefficient (Wildman–Crippen LogP) is 4.03. The zero-order valence-corrected chi connectivity index (χ0v) is 16.7. The van der Waals surface area contributed by atoms with Crippen LogP contribution in [0.1, 0.15) is 17.8 Å². The van der Waals surface area contributed by atoms with Gasteiger partial charge in [-0.25, -0.2) is 4.79 Å². The number of thioether (sulfide) groups is 1. The normalized spacial score (nSPS) is 12.4. The molecule has 0 aliphatic heterocycles. The summed E-state index contributed by atoms with van der Waals surface area (Å²) < 4.78 is 7.70. The van der Waals surface area contributed by atoms with Crippen molar-refractivity contribution in [2.24, 2.45) is 0 Å². The molecule has 0 aliphatic carbocycles. The topological polar surface area (TPSA) is 64.2 Å². The summed E-state index contributed by atoms with van der Waals surface area (Å²) in [7, 11) is 0. The molecule has 25 heavy (non-hydrogen) atoms. The van der Waals surface area contributed by atoms with Crippen LogP contribution in [-0.4, -0.2) is 22.8 Å². The third kappa shape index (κ3) is 4.37. The van der Waals surface area contributed by atoms with Crippen molar-refractivity contribution in [3.63, 3.8) is 0 Å². The van der Waals surface area contributed by atoms with Gasteiger partial charge in [-0.2, -0.15) is 11.8 Å². The van der Waals surface area contributed by atoms with Gasteiger partial charge in [0.25, 0.3) is 0 Å². The van der Waals surface area contributed by atoms with E-state index in [9.17, 15) is 9.59 Å². The molecule has 2 heterocycles. The molecule has 5 nitrogen and oxygen atoms in total. The number of carbonyl (C=O) groups is 1. The van der Waals surface area contributed by atoms with E-state index in [-0.39, 0.29) is 5.91 Å². The van der Waals surface area contributed by atoms with Crippen molar-refractivity contribution < 1.29 is 9.21 Å². The largest absolute Gasteiger partial charge is 0.420 e. The van der Waals surface area contributed by atoms with Crippen LogP contribution >= 0.6 is 39.0 Å². The molecule has 0 saturated carbocycles. The molecule has 3 aromatic rings. The van der Waals surface area contributed by atoms with Gasteiger partial charge in [-0.1, -0.05) is 12.1 Å². The van der Waals surface area contributed by atoms with E-state index >= 15 is 0 Å². The van der Waals surface area contributed by atoms with E-state index in [0.29, 0.717) is 17.6 Å². The molecule has 1 N–H and O–H groups in total. The minimum atomic E-state index is -0.616. The van der Waals surface area contributed by atoms with Crippen LogP contribution in [0.15, 0.2) is 49.4 Å². The molecular formula is C17H17BrN2O3S2. The summed E-state index contributed by atoms with van der Waals surface area (Å²) in [6.45, 7) is 2.26. The molecule has 3 rings (SSSR count). The van der Waals surface area contributed by atoms with E-state index in [0.717, 1.165) is 15.3 Å². The summed E-state index contributed by atoms with van der Waals surface area (Å²) in [6, 6.07) is 10.6. The number of benzene rings is 1. The highest BCUT2D eigenvalue weighted by molar-refractivity contribution is 9.11. The Kier molecular flexibility index (Phi) is 6.03. The fourth-order valence-corrected chi connectivity index (χ4v) is 4.92. The monoisotopic (exact) mass is 440 g/mol. The maximum atomic E-state index is 12.3. The van der Waals surface area contributed by atoms with Gasteiger partial charge in [0.05, 0.1) is 9.30 Å². The van der Waals surface area contributed by atoms with Gasteiger partial charge in [-0.15, -0.1) is 11.3 Å². The Labute approximate surface area is 161 Å². The zero-order chi connectivity index (χ0) is 17.8. The SMILES string of the molecule is C[C@@H](C(=O)NCCSCc1ccc(Br)s1)n1c(=O)oc2ccccc21. The molecule has 0 unspecified atom stereocenters. The first kappa shape index (κ1) is 18.3. The van der Waals surface area contributed by atoms with Crippen molar-refractivity contribution in [2.45, 2.75) is 18.7 Å². The Morgan fingerprint density at radius 2 is 2.16 bits per heavy atom. The number of fused-ring (bicyclic) bond motifs is 1. The summed E-state index contributed by atoms with van der Waals surface area (Å²) in [5, 5.41) is 2.89. The molecule has 2 aromatic heterocycles. The first-order chi connectivity index (χ1) is 12.1. The summed E-state index contributed by atoms with van der Waals surface area (Å²) in [5.74, 6) is 1.04. The van der Waals surface area contributed by atoms with E-state index in [2.05, 4.69) is 27.3 Å². The predicted molar refractivity (Wildman–Crippen MR) is 106 cm³/mol. The molecule has 0 aliphatic rings. The van der Waals surface area contributed by atoms with Crippen LogP contribution in [0.2, 0.25) is 0 Å². The van der Waals surface area contributed by atoms with E-state index in [1.165, 1.54) is 9.44 Å². The van der Waals surface area contributed by atoms with Crippen LogP contribution < -0.4 is 11.1 Å². The number of para-hydroxylation sites is 2. The van der Waals surface area contributed by atoms with Crippen LogP contribution in [0.3, 0.4) is 0 Å². The third-order valence-corrected chi connectivity index (χ3v) is 6.52. The molecule has 1 atom stereocenters. The highest BCUT2D eigenvalue weighted by atomic mass is 79.9. The highest BCUT2D eigenvalue weighted by Crippen LogP contribution is 2.25. The number of nitrogens with one attached hydrogen (secondary N) is 1. The number of oxazole rings is 1. The van der Waals surface area contributed by atoms with E-state index in [1.807, 2.05) is 12.1 Å². The maximum absolute atomic E-state index is 12.3. The summed E-state index contributed by atoms with van der Waals surface area (Å²) in [5.41, 5.74) is 1.12. The first-order valence-electron chi connectivity index (χ1n) is 7.76. The number of hydrogen-bond donors (Lipinski definition) is 1. The Morgan fingerprint density at radius 1 is 1.36 bits per heavy atom. The van der Waals surface area contributed by atoms with Gasteiger partial charge in [0, 0.05) is 22.9 Å². The summed E-state index contributed by atoms with van der Waals surface area (Å²) in [6.07, 6.45) is 0. The Balaban J connectivity index is 1.52. The number of thiophene rings is 1. The molecule has 8 heteroatoms. The zero-order valence-electron chi connectivity index (χ0n) is 13.5. The van der Waals surface area contributed by atoms with Crippen LogP contribution in [0, 0.1) is 0 Å². The first-order valence-corrected chi connectivity index (χ1v) is 10.5. The number of hydrogen-bond acceptors (Lipinski definition) is 5. The Hall–Kier alpha value is -1.51. The summed E-state index contributed by atoms with van der Waals surface area (Å²) in [4.78, 5) is 25.7. The van der Waals surface area contributed by atoms with Gasteiger partial charge in [0.2, 0.25) is 5.91 Å². The van der Waals surface area contributed by atoms with Crippen LogP contribution in [-0.2, 0) is 10.5 Å². The molecule has 0 fully saturated rings. The van der Waals surface area contributed by atoms with Gasteiger partial charge in [-0.3, -0.25) is 9.36 Å². The lowest BCUT2D eigenvalue weighted by atomic mass is 10.2. The number of nitrogens with zero attached hydrogens (tertiary/aromatic N) is 1. The third-order valence-electron chi connectivity index (χ3n) is 3.70. The Bertz CT molecular complexity index is 931. The second-order valence-corrected chi connectivity index (χ2v) is 9.08.